The first-order valence-electron chi connectivity index (χ1n) is 4.35. The van der Waals surface area contributed by atoms with Crippen LogP contribution in [0, 0.1) is 0 Å². The number of aromatic amines is 1. The van der Waals surface area contributed by atoms with E-state index in [4.69, 9.17) is 0 Å². The van der Waals surface area contributed by atoms with Gasteiger partial charge in [-0.1, -0.05) is 0 Å². The summed E-state index contributed by atoms with van der Waals surface area (Å²) in [6.45, 7) is 3.07. The van der Waals surface area contributed by atoms with Gasteiger partial charge >= 0.3 is 0 Å². The predicted octanol–water partition coefficient (Wildman–Crippen LogP) is -0.140. The molecule has 70 valence electrons. The number of imidazole rings is 1. The van der Waals surface area contributed by atoms with Crippen LogP contribution in [0.15, 0.2) is 12.4 Å². The number of amides is 1. The van der Waals surface area contributed by atoms with Crippen molar-refractivity contribution in [3.8, 4) is 0 Å². The van der Waals surface area contributed by atoms with Gasteiger partial charge in [-0.3, -0.25) is 10.1 Å². The van der Waals surface area contributed by atoms with Crippen LogP contribution in [0.1, 0.15) is 18.9 Å². The molecule has 5 heteroatoms. The molecule has 0 bridgehead atoms. The molecule has 1 aliphatic rings. The predicted molar refractivity (Wildman–Crippen MR) is 46.7 cm³/mol. The number of aromatic nitrogens is 2. The second-order valence-corrected chi connectivity index (χ2v) is 2.94. The summed E-state index contributed by atoms with van der Waals surface area (Å²) in [6.07, 6.45) is 3.37. The fourth-order valence-electron chi connectivity index (χ4n) is 1.57. The maximum Gasteiger partial charge on any atom is 0.238 e. The van der Waals surface area contributed by atoms with Gasteiger partial charge in [0.15, 0.2) is 0 Å². The number of hydrogen-bond acceptors (Lipinski definition) is 3. The van der Waals surface area contributed by atoms with Gasteiger partial charge in [-0.05, 0) is 6.92 Å². The van der Waals surface area contributed by atoms with Gasteiger partial charge in [0, 0.05) is 18.9 Å². The van der Waals surface area contributed by atoms with E-state index in [0.717, 1.165) is 5.82 Å². The molecule has 5 nitrogen and oxygen atoms in total. The molecule has 1 amide bonds. The van der Waals surface area contributed by atoms with E-state index in [1.807, 2.05) is 6.92 Å². The van der Waals surface area contributed by atoms with E-state index in [1.165, 1.54) is 0 Å². The fraction of sp³-hybridized carbons (Fsp3) is 0.500. The number of hydrogen-bond donors (Lipinski definition) is 2. The number of carbonyl (C=O) groups excluding carboxylic acids is 1. The molecule has 0 saturated carbocycles. The lowest BCUT2D eigenvalue weighted by Crippen LogP contribution is -2.30. The Balaban J connectivity index is 2.21. The molecule has 1 aromatic heterocycles. The smallest absolute Gasteiger partial charge is 0.238 e. The van der Waals surface area contributed by atoms with Crippen molar-refractivity contribution >= 4 is 5.91 Å². The Bertz CT molecular complexity index is 295. The minimum atomic E-state index is -0.0764. The number of nitrogens with zero attached hydrogens (tertiary/aromatic N) is 2. The average molecular weight is 180 g/mol. The number of carbonyl (C=O) groups is 1. The van der Waals surface area contributed by atoms with Crippen LogP contribution in [0.2, 0.25) is 0 Å². The van der Waals surface area contributed by atoms with E-state index >= 15 is 0 Å². The van der Waals surface area contributed by atoms with Crippen molar-refractivity contribution in [3.05, 3.63) is 18.2 Å². The minimum absolute atomic E-state index is 0.0764. The highest BCUT2D eigenvalue weighted by Gasteiger charge is 2.31. The maximum atomic E-state index is 11.3. The van der Waals surface area contributed by atoms with Crippen LogP contribution in [-0.4, -0.2) is 33.9 Å². The summed E-state index contributed by atoms with van der Waals surface area (Å²) in [7, 11) is 0. The van der Waals surface area contributed by atoms with Crippen molar-refractivity contribution in [1.82, 2.24) is 20.2 Å². The van der Waals surface area contributed by atoms with Gasteiger partial charge in [0.25, 0.3) is 0 Å². The van der Waals surface area contributed by atoms with Crippen LogP contribution >= 0.6 is 0 Å². The molecule has 2 heterocycles. The summed E-state index contributed by atoms with van der Waals surface area (Å²) in [6, 6.07) is 0. The lowest BCUT2D eigenvalue weighted by molar-refractivity contribution is -0.127. The summed E-state index contributed by atoms with van der Waals surface area (Å²) < 4.78 is 0. The van der Waals surface area contributed by atoms with E-state index in [-0.39, 0.29) is 12.1 Å². The summed E-state index contributed by atoms with van der Waals surface area (Å²) in [5, 5.41) is 3.09. The van der Waals surface area contributed by atoms with E-state index in [1.54, 1.807) is 17.3 Å². The normalized spacial score (nSPS) is 22.7. The molecule has 0 aromatic carbocycles. The van der Waals surface area contributed by atoms with E-state index in [2.05, 4.69) is 15.3 Å². The Kier molecular flexibility index (Phi) is 2.02. The molecule has 0 spiro atoms. The summed E-state index contributed by atoms with van der Waals surface area (Å²) in [4.78, 5) is 20.2. The summed E-state index contributed by atoms with van der Waals surface area (Å²) in [5.74, 6) is 0.927. The van der Waals surface area contributed by atoms with Crippen molar-refractivity contribution in [2.45, 2.75) is 13.1 Å². The van der Waals surface area contributed by atoms with Crippen molar-refractivity contribution in [1.29, 1.82) is 0 Å². The zero-order valence-electron chi connectivity index (χ0n) is 7.45. The second kappa shape index (κ2) is 3.18. The van der Waals surface area contributed by atoms with Crippen LogP contribution in [0.5, 0.6) is 0 Å². The minimum Gasteiger partial charge on any atom is -0.346 e. The average Bonchev–Trinajstić information content (AvgIpc) is 2.71. The zero-order valence-corrected chi connectivity index (χ0v) is 7.45. The Hall–Kier alpha value is -1.36. The summed E-state index contributed by atoms with van der Waals surface area (Å²) >= 11 is 0. The van der Waals surface area contributed by atoms with E-state index in [9.17, 15) is 4.79 Å². The molecule has 1 fully saturated rings. The first kappa shape index (κ1) is 8.25. The molecule has 1 saturated heterocycles. The monoisotopic (exact) mass is 180 g/mol. The molecule has 2 N–H and O–H groups in total. The number of nitrogens with one attached hydrogen (secondary N) is 2. The maximum absolute atomic E-state index is 11.3. The molecule has 0 aliphatic carbocycles. The zero-order chi connectivity index (χ0) is 9.26. The van der Waals surface area contributed by atoms with Gasteiger partial charge < -0.3 is 9.88 Å². The Morgan fingerprint density at radius 1 is 1.77 bits per heavy atom. The summed E-state index contributed by atoms with van der Waals surface area (Å²) in [5.41, 5.74) is 0. The molecular formula is C8H12N4O. The first-order chi connectivity index (χ1) is 6.33. The SMILES string of the molecule is CCN1C(=O)CNC1c1ncc[nH]1. The van der Waals surface area contributed by atoms with Gasteiger partial charge in [0.05, 0.1) is 6.54 Å². The van der Waals surface area contributed by atoms with Crippen LogP contribution < -0.4 is 5.32 Å². The third-order valence-electron chi connectivity index (χ3n) is 2.20. The highest BCUT2D eigenvalue weighted by Crippen LogP contribution is 2.17. The van der Waals surface area contributed by atoms with E-state index < -0.39 is 0 Å². The molecule has 1 aliphatic heterocycles. The highest BCUT2D eigenvalue weighted by atomic mass is 16.2. The number of H-pyrrole nitrogens is 1. The molecule has 2 rings (SSSR count). The molecule has 1 atom stereocenters. The Morgan fingerprint density at radius 3 is 3.23 bits per heavy atom. The van der Waals surface area contributed by atoms with Crippen LogP contribution in [0.4, 0.5) is 0 Å². The third kappa shape index (κ3) is 1.31. The van der Waals surface area contributed by atoms with Gasteiger partial charge in [-0.2, -0.15) is 0 Å². The van der Waals surface area contributed by atoms with Gasteiger partial charge in [0.1, 0.15) is 12.0 Å². The molecule has 1 aromatic rings. The van der Waals surface area contributed by atoms with Crippen molar-refractivity contribution in [2.24, 2.45) is 0 Å². The topological polar surface area (TPSA) is 61.0 Å². The first-order valence-corrected chi connectivity index (χ1v) is 4.35. The van der Waals surface area contributed by atoms with Crippen molar-refractivity contribution < 1.29 is 4.79 Å². The molecule has 0 radical (unpaired) electrons. The van der Waals surface area contributed by atoms with Gasteiger partial charge in [0.2, 0.25) is 5.91 Å². The standard InChI is InChI=1S/C8H12N4O/c1-2-12-6(13)5-11-8(12)7-9-3-4-10-7/h3-4,8,11H,2,5H2,1H3,(H,9,10). The highest BCUT2D eigenvalue weighted by molar-refractivity contribution is 5.80. The van der Waals surface area contributed by atoms with Gasteiger partial charge in [-0.25, -0.2) is 4.98 Å². The quantitative estimate of drug-likeness (QED) is 0.666. The lowest BCUT2D eigenvalue weighted by Gasteiger charge is -2.20. The number of likely N-dealkylation sites (N-methyl/N-ethyl adjacent to an activating group) is 1. The van der Waals surface area contributed by atoms with Crippen LogP contribution in [0.25, 0.3) is 0 Å². The second-order valence-electron chi connectivity index (χ2n) is 2.94. The van der Waals surface area contributed by atoms with Crippen molar-refractivity contribution in [3.63, 3.8) is 0 Å². The molecule has 1 unspecified atom stereocenters. The lowest BCUT2D eigenvalue weighted by atomic mass is 10.4. The van der Waals surface area contributed by atoms with Crippen LogP contribution in [0.3, 0.4) is 0 Å². The molecular weight excluding hydrogens is 168 g/mol. The fourth-order valence-corrected chi connectivity index (χ4v) is 1.57. The van der Waals surface area contributed by atoms with Crippen molar-refractivity contribution in [2.75, 3.05) is 13.1 Å². The Morgan fingerprint density at radius 2 is 2.62 bits per heavy atom. The molecule has 13 heavy (non-hydrogen) atoms. The van der Waals surface area contributed by atoms with Gasteiger partial charge in [-0.15, -0.1) is 0 Å². The third-order valence-corrected chi connectivity index (χ3v) is 2.20. The van der Waals surface area contributed by atoms with Crippen LogP contribution in [-0.2, 0) is 4.79 Å². The Labute approximate surface area is 76.2 Å². The number of rotatable bonds is 2. The van der Waals surface area contributed by atoms with E-state index in [0.29, 0.717) is 13.1 Å². The largest absolute Gasteiger partial charge is 0.346 e.